The van der Waals surface area contributed by atoms with Crippen LogP contribution < -0.4 is 5.73 Å². The normalized spacial score (nSPS) is 16.1. The Balaban J connectivity index is 2.51. The van der Waals surface area contributed by atoms with Gasteiger partial charge < -0.3 is 15.6 Å². The molecule has 4 nitrogen and oxygen atoms in total. The zero-order valence-corrected chi connectivity index (χ0v) is 8.49. The van der Waals surface area contributed by atoms with Gasteiger partial charge in [0, 0.05) is 12.1 Å². The Labute approximate surface area is 87.7 Å². The number of benzene rings is 1. The third-order valence-corrected chi connectivity index (χ3v) is 2.79. The van der Waals surface area contributed by atoms with Gasteiger partial charge in [-0.05, 0) is 24.1 Å². The molecule has 0 radical (unpaired) electrons. The fourth-order valence-corrected chi connectivity index (χ4v) is 1.86. The summed E-state index contributed by atoms with van der Waals surface area (Å²) in [6.45, 7) is 2.34. The maximum atomic E-state index is 11.3. The van der Waals surface area contributed by atoms with E-state index >= 15 is 0 Å². The highest BCUT2D eigenvalue weighted by molar-refractivity contribution is 5.93. The van der Waals surface area contributed by atoms with E-state index in [4.69, 9.17) is 10.5 Å². The average Bonchev–Trinajstić information content (AvgIpc) is 2.61. The van der Waals surface area contributed by atoms with Gasteiger partial charge in [0.2, 0.25) is 0 Å². The third kappa shape index (κ3) is 1.52. The van der Waals surface area contributed by atoms with E-state index in [9.17, 15) is 9.90 Å². The molecule has 0 saturated carbocycles. The first-order chi connectivity index (χ1) is 7.15. The SMILES string of the molecule is Cc1c([C@H](O)CN)ccc2c1COC2=O. The smallest absolute Gasteiger partial charge is 0.338 e. The topological polar surface area (TPSA) is 72.6 Å². The Morgan fingerprint density at radius 1 is 1.60 bits per heavy atom. The number of aliphatic hydroxyl groups excluding tert-OH is 1. The van der Waals surface area contributed by atoms with Crippen LogP contribution in [0.3, 0.4) is 0 Å². The summed E-state index contributed by atoms with van der Waals surface area (Å²) in [6.07, 6.45) is -0.675. The van der Waals surface area contributed by atoms with Crippen molar-refractivity contribution in [2.24, 2.45) is 5.73 Å². The lowest BCUT2D eigenvalue weighted by atomic mass is 9.95. The second-order valence-electron chi connectivity index (χ2n) is 3.63. The predicted octanol–water partition coefficient (Wildman–Crippen LogP) is 0.658. The summed E-state index contributed by atoms with van der Waals surface area (Å²) in [4.78, 5) is 11.3. The minimum Gasteiger partial charge on any atom is -0.457 e. The van der Waals surface area contributed by atoms with Gasteiger partial charge in [-0.2, -0.15) is 0 Å². The fraction of sp³-hybridized carbons (Fsp3) is 0.364. The van der Waals surface area contributed by atoms with Gasteiger partial charge in [-0.15, -0.1) is 0 Å². The molecule has 1 aromatic carbocycles. The number of ether oxygens (including phenoxy) is 1. The van der Waals surface area contributed by atoms with Gasteiger partial charge in [0.15, 0.2) is 0 Å². The predicted molar refractivity (Wildman–Crippen MR) is 54.3 cm³/mol. The van der Waals surface area contributed by atoms with E-state index in [1.165, 1.54) is 0 Å². The number of cyclic esters (lactones) is 1. The van der Waals surface area contributed by atoms with Crippen molar-refractivity contribution in [2.45, 2.75) is 19.6 Å². The van der Waals surface area contributed by atoms with Crippen LogP contribution in [0.5, 0.6) is 0 Å². The Hall–Kier alpha value is -1.39. The van der Waals surface area contributed by atoms with E-state index < -0.39 is 6.10 Å². The van der Waals surface area contributed by atoms with Crippen molar-refractivity contribution in [3.8, 4) is 0 Å². The number of rotatable bonds is 2. The molecule has 1 heterocycles. The molecule has 3 N–H and O–H groups in total. The molecule has 0 saturated heterocycles. The van der Waals surface area contributed by atoms with Crippen LogP contribution in [0.15, 0.2) is 12.1 Å². The maximum absolute atomic E-state index is 11.3. The number of fused-ring (bicyclic) bond motifs is 1. The van der Waals surface area contributed by atoms with Gasteiger partial charge in [0.25, 0.3) is 0 Å². The molecule has 4 heteroatoms. The first-order valence-corrected chi connectivity index (χ1v) is 4.82. The highest BCUT2D eigenvalue weighted by atomic mass is 16.5. The first-order valence-electron chi connectivity index (χ1n) is 4.82. The molecular weight excluding hydrogens is 194 g/mol. The Morgan fingerprint density at radius 3 is 3.00 bits per heavy atom. The summed E-state index contributed by atoms with van der Waals surface area (Å²) in [5.74, 6) is -0.290. The van der Waals surface area contributed by atoms with Gasteiger partial charge in [-0.1, -0.05) is 6.07 Å². The first kappa shape index (κ1) is 10.1. The molecule has 80 valence electrons. The molecule has 0 aromatic heterocycles. The number of nitrogens with two attached hydrogens (primary N) is 1. The van der Waals surface area contributed by atoms with Crippen molar-refractivity contribution in [3.63, 3.8) is 0 Å². The van der Waals surface area contributed by atoms with Gasteiger partial charge in [-0.25, -0.2) is 4.79 Å². The summed E-state index contributed by atoms with van der Waals surface area (Å²) in [5.41, 5.74) is 8.53. The van der Waals surface area contributed by atoms with E-state index in [1.807, 2.05) is 6.92 Å². The van der Waals surface area contributed by atoms with Crippen LogP contribution in [0.1, 0.15) is 33.2 Å². The lowest BCUT2D eigenvalue weighted by Gasteiger charge is -2.13. The molecule has 1 atom stereocenters. The van der Waals surface area contributed by atoms with Crippen LogP contribution in [0.4, 0.5) is 0 Å². The summed E-state index contributed by atoms with van der Waals surface area (Å²) in [7, 11) is 0. The molecular formula is C11H13NO3. The molecule has 1 aromatic rings. The molecule has 2 rings (SSSR count). The number of hydrogen-bond acceptors (Lipinski definition) is 4. The second-order valence-corrected chi connectivity index (χ2v) is 3.63. The average molecular weight is 207 g/mol. The van der Waals surface area contributed by atoms with Crippen molar-refractivity contribution in [3.05, 3.63) is 34.4 Å². The number of carbonyl (C=O) groups excluding carboxylic acids is 1. The molecule has 1 aliphatic rings. The van der Waals surface area contributed by atoms with E-state index in [1.54, 1.807) is 12.1 Å². The van der Waals surface area contributed by atoms with Crippen LogP contribution in [0.25, 0.3) is 0 Å². The number of aliphatic hydroxyl groups is 1. The Bertz CT molecular complexity index is 415. The number of esters is 1. The monoisotopic (exact) mass is 207 g/mol. The highest BCUT2D eigenvalue weighted by Gasteiger charge is 2.25. The quantitative estimate of drug-likeness (QED) is 0.699. The van der Waals surface area contributed by atoms with Crippen molar-refractivity contribution >= 4 is 5.97 Å². The third-order valence-electron chi connectivity index (χ3n) is 2.79. The Kier molecular flexibility index (Phi) is 2.46. The van der Waals surface area contributed by atoms with E-state index in [0.29, 0.717) is 12.2 Å². The van der Waals surface area contributed by atoms with Gasteiger partial charge in [0.1, 0.15) is 6.61 Å². The molecule has 1 aliphatic heterocycles. The molecule has 0 unspecified atom stereocenters. The van der Waals surface area contributed by atoms with Crippen LogP contribution in [-0.2, 0) is 11.3 Å². The molecule has 15 heavy (non-hydrogen) atoms. The molecule has 0 bridgehead atoms. The van der Waals surface area contributed by atoms with E-state index in [0.717, 1.165) is 16.7 Å². The number of carbonyl (C=O) groups is 1. The molecule has 0 amide bonds. The highest BCUT2D eigenvalue weighted by Crippen LogP contribution is 2.28. The second kappa shape index (κ2) is 3.64. The van der Waals surface area contributed by atoms with Crippen LogP contribution in [0.2, 0.25) is 0 Å². The standard InChI is InChI=1S/C11H13NO3/c1-6-7(10(13)4-12)2-3-8-9(6)5-15-11(8)14/h2-3,10,13H,4-5,12H2,1H3/t10-/m1/s1. The zero-order valence-electron chi connectivity index (χ0n) is 8.49. The van der Waals surface area contributed by atoms with Crippen LogP contribution >= 0.6 is 0 Å². The fourth-order valence-electron chi connectivity index (χ4n) is 1.86. The van der Waals surface area contributed by atoms with E-state index in [2.05, 4.69) is 0 Å². The summed E-state index contributed by atoms with van der Waals surface area (Å²) >= 11 is 0. The van der Waals surface area contributed by atoms with Crippen molar-refractivity contribution in [1.82, 2.24) is 0 Å². The van der Waals surface area contributed by atoms with Gasteiger partial charge >= 0.3 is 5.97 Å². The largest absolute Gasteiger partial charge is 0.457 e. The molecule has 0 aliphatic carbocycles. The molecule has 0 spiro atoms. The van der Waals surface area contributed by atoms with Gasteiger partial charge in [-0.3, -0.25) is 0 Å². The van der Waals surface area contributed by atoms with Crippen LogP contribution in [-0.4, -0.2) is 17.6 Å². The maximum Gasteiger partial charge on any atom is 0.338 e. The minimum atomic E-state index is -0.675. The lowest BCUT2D eigenvalue weighted by Crippen LogP contribution is -2.13. The van der Waals surface area contributed by atoms with Gasteiger partial charge in [0.05, 0.1) is 11.7 Å². The van der Waals surface area contributed by atoms with E-state index in [-0.39, 0.29) is 12.5 Å². The molecule has 0 fully saturated rings. The van der Waals surface area contributed by atoms with Crippen LogP contribution in [0, 0.1) is 6.92 Å². The lowest BCUT2D eigenvalue weighted by molar-refractivity contribution is 0.0535. The summed E-state index contributed by atoms with van der Waals surface area (Å²) in [6, 6.07) is 3.42. The summed E-state index contributed by atoms with van der Waals surface area (Å²) < 4.78 is 4.92. The van der Waals surface area contributed by atoms with Crippen molar-refractivity contribution in [2.75, 3.05) is 6.54 Å². The minimum absolute atomic E-state index is 0.175. The number of hydrogen-bond donors (Lipinski definition) is 2. The zero-order chi connectivity index (χ0) is 11.0. The summed E-state index contributed by atoms with van der Waals surface area (Å²) in [5, 5.41) is 9.66. The van der Waals surface area contributed by atoms with Crippen molar-refractivity contribution in [1.29, 1.82) is 0 Å². The Morgan fingerprint density at radius 2 is 2.33 bits per heavy atom. The van der Waals surface area contributed by atoms with Crippen molar-refractivity contribution < 1.29 is 14.6 Å².